The zero-order chi connectivity index (χ0) is 15.7. The van der Waals surface area contributed by atoms with E-state index < -0.39 is 28.0 Å². The van der Waals surface area contributed by atoms with Crippen LogP contribution in [-0.2, 0) is 19.4 Å². The Balaban J connectivity index is 1.91. The van der Waals surface area contributed by atoms with Crippen LogP contribution >= 0.6 is 0 Å². The van der Waals surface area contributed by atoms with Gasteiger partial charge >= 0.3 is 6.09 Å². The van der Waals surface area contributed by atoms with Gasteiger partial charge in [-0.2, -0.15) is 0 Å². The van der Waals surface area contributed by atoms with Crippen molar-refractivity contribution >= 4 is 21.0 Å². The number of methoxy groups -OCH3 is 1. The Morgan fingerprint density at radius 1 is 1.36 bits per heavy atom. The van der Waals surface area contributed by atoms with Gasteiger partial charge in [-0.1, -0.05) is 23.4 Å². The molecule has 8 heteroatoms. The van der Waals surface area contributed by atoms with E-state index in [0.29, 0.717) is 0 Å². The van der Waals surface area contributed by atoms with Crippen LogP contribution in [0.3, 0.4) is 0 Å². The van der Waals surface area contributed by atoms with Crippen LogP contribution in [0.1, 0.15) is 0 Å². The minimum absolute atomic E-state index is 0.0676. The number of ether oxygens (including phenoxy) is 1. The average molecular weight is 322 g/mol. The molecule has 116 valence electrons. The minimum Gasteiger partial charge on any atom is -0.452 e. The number of carbonyl (C=O) groups is 1. The molecule has 2 atom stereocenters. The van der Waals surface area contributed by atoms with Crippen molar-refractivity contribution in [2.45, 2.75) is 11.0 Å². The lowest BCUT2D eigenvalue weighted by atomic mass is 10.0. The molecular weight excluding hydrogens is 308 g/mol. The van der Waals surface area contributed by atoms with E-state index in [4.69, 9.17) is 4.84 Å². The highest BCUT2D eigenvalue weighted by Crippen LogP contribution is 2.30. The van der Waals surface area contributed by atoms with Gasteiger partial charge in [-0.15, -0.1) is 0 Å². The molecule has 0 unspecified atom stereocenters. The van der Waals surface area contributed by atoms with E-state index >= 15 is 0 Å². The van der Waals surface area contributed by atoms with Crippen molar-refractivity contribution in [2.24, 2.45) is 11.1 Å². The summed E-state index contributed by atoms with van der Waals surface area (Å²) in [6.07, 6.45) is 2.07. The number of hydrogen-bond donors (Lipinski definition) is 0. The van der Waals surface area contributed by atoms with E-state index in [9.17, 15) is 13.2 Å². The highest BCUT2D eigenvalue weighted by Gasteiger charge is 2.44. The maximum absolute atomic E-state index is 12.7. The van der Waals surface area contributed by atoms with Crippen LogP contribution in [0.2, 0.25) is 0 Å². The Morgan fingerprint density at radius 3 is 2.77 bits per heavy atom. The van der Waals surface area contributed by atoms with E-state index in [2.05, 4.69) is 9.89 Å². The third kappa shape index (κ3) is 2.35. The van der Waals surface area contributed by atoms with E-state index in [-0.39, 0.29) is 16.5 Å². The molecule has 1 aromatic rings. The summed E-state index contributed by atoms with van der Waals surface area (Å²) in [5.74, 6) is -0.547. The molecule has 3 rings (SSSR count). The van der Waals surface area contributed by atoms with Crippen molar-refractivity contribution in [1.82, 2.24) is 4.90 Å². The number of benzene rings is 1. The van der Waals surface area contributed by atoms with Crippen molar-refractivity contribution in [3.8, 4) is 0 Å². The molecule has 0 spiro atoms. The van der Waals surface area contributed by atoms with Gasteiger partial charge in [-0.25, -0.2) is 13.2 Å². The molecule has 0 fully saturated rings. The van der Waals surface area contributed by atoms with Gasteiger partial charge in [0.1, 0.15) is 0 Å². The fraction of sp³-hybridized carbons (Fsp3) is 0.286. The molecule has 0 N–H and O–H groups in total. The molecule has 0 saturated carbocycles. The lowest BCUT2D eigenvalue weighted by Crippen LogP contribution is -2.42. The van der Waals surface area contributed by atoms with Gasteiger partial charge < -0.3 is 9.57 Å². The second-order valence-electron chi connectivity index (χ2n) is 4.89. The molecular formula is C14H14N2O5S. The second-order valence-corrected chi connectivity index (χ2v) is 6.78. The summed E-state index contributed by atoms with van der Waals surface area (Å²) < 4.78 is 30.0. The van der Waals surface area contributed by atoms with Gasteiger partial charge in [0.25, 0.3) is 0 Å². The molecule has 2 heterocycles. The highest BCUT2D eigenvalue weighted by atomic mass is 32.2. The largest absolute Gasteiger partial charge is 0.452 e. The summed E-state index contributed by atoms with van der Waals surface area (Å²) in [6.45, 7) is 0.138. The van der Waals surface area contributed by atoms with Crippen LogP contribution in [0.25, 0.3) is 0 Å². The third-order valence-corrected chi connectivity index (χ3v) is 5.39. The second kappa shape index (κ2) is 5.45. The summed E-state index contributed by atoms with van der Waals surface area (Å²) in [5, 5.41) is 3.68. The number of fused-ring (bicyclic) bond motifs is 1. The maximum Gasteiger partial charge on any atom is 0.413 e. The van der Waals surface area contributed by atoms with Crippen molar-refractivity contribution < 1.29 is 22.8 Å². The smallest absolute Gasteiger partial charge is 0.413 e. The first-order chi connectivity index (χ1) is 10.5. The number of oxime groups is 1. The predicted molar refractivity (Wildman–Crippen MR) is 77.7 cm³/mol. The summed E-state index contributed by atoms with van der Waals surface area (Å²) in [4.78, 5) is 18.2. The monoisotopic (exact) mass is 322 g/mol. The van der Waals surface area contributed by atoms with Gasteiger partial charge in [-0.3, -0.25) is 4.90 Å². The summed E-state index contributed by atoms with van der Waals surface area (Å²) in [5.41, 5.74) is 0. The van der Waals surface area contributed by atoms with Crippen molar-refractivity contribution in [1.29, 1.82) is 0 Å². The number of amides is 1. The van der Waals surface area contributed by atoms with Gasteiger partial charge in [-0.05, 0) is 18.2 Å². The van der Waals surface area contributed by atoms with E-state index in [1.165, 1.54) is 30.3 Å². The Kier molecular flexibility index (Phi) is 3.61. The fourth-order valence-corrected chi connectivity index (χ4v) is 3.93. The molecule has 0 saturated heterocycles. The van der Waals surface area contributed by atoms with Gasteiger partial charge in [0.15, 0.2) is 11.1 Å². The summed E-state index contributed by atoms with van der Waals surface area (Å²) >= 11 is 0. The van der Waals surface area contributed by atoms with Gasteiger partial charge in [0.2, 0.25) is 9.84 Å². The first kappa shape index (κ1) is 14.6. The average Bonchev–Trinajstić information content (AvgIpc) is 2.98. The molecule has 0 aliphatic carbocycles. The van der Waals surface area contributed by atoms with Crippen LogP contribution in [0, 0.1) is 5.92 Å². The zero-order valence-corrected chi connectivity index (χ0v) is 12.6. The first-order valence-corrected chi connectivity index (χ1v) is 8.09. The number of rotatable bonds is 1. The lowest BCUT2D eigenvalue weighted by Gasteiger charge is -2.27. The Labute approximate surface area is 127 Å². The normalized spacial score (nSPS) is 23.5. The standard InChI is InChI=1S/C14H14N2O5S/c1-20-14(17)16-8-7-12-11(9-16)13(15-21-12)22(18,19)10-5-3-2-4-6-10/h2-8,11-12H,9H2,1H3/t11-,12+/m0/s1. The molecule has 0 bridgehead atoms. The molecule has 7 nitrogen and oxygen atoms in total. The van der Waals surface area contributed by atoms with E-state index in [0.717, 1.165) is 0 Å². The number of hydrogen-bond acceptors (Lipinski definition) is 6. The maximum atomic E-state index is 12.7. The van der Waals surface area contributed by atoms with Crippen molar-refractivity contribution in [2.75, 3.05) is 13.7 Å². The fourth-order valence-electron chi connectivity index (χ4n) is 2.43. The van der Waals surface area contributed by atoms with Gasteiger partial charge in [0, 0.05) is 12.7 Å². The molecule has 22 heavy (non-hydrogen) atoms. The predicted octanol–water partition coefficient (Wildman–Crippen LogP) is 1.38. The van der Waals surface area contributed by atoms with Crippen LogP contribution < -0.4 is 0 Å². The molecule has 1 aromatic carbocycles. The van der Waals surface area contributed by atoms with Crippen LogP contribution in [0.15, 0.2) is 52.7 Å². The van der Waals surface area contributed by atoms with Gasteiger partial charge in [0.05, 0.1) is 17.9 Å². The topological polar surface area (TPSA) is 85.3 Å². The Hall–Kier alpha value is -2.35. The summed E-state index contributed by atoms with van der Waals surface area (Å²) in [7, 11) is -2.49. The van der Waals surface area contributed by atoms with Crippen LogP contribution in [0.5, 0.6) is 0 Å². The Morgan fingerprint density at radius 2 is 2.09 bits per heavy atom. The molecule has 1 amide bonds. The third-order valence-electron chi connectivity index (χ3n) is 3.57. The molecule has 0 aromatic heterocycles. The SMILES string of the molecule is COC(=O)N1C=C[C@H]2ON=C(S(=O)(=O)c3ccccc3)[C@H]2C1. The first-order valence-electron chi connectivity index (χ1n) is 6.61. The molecule has 0 radical (unpaired) electrons. The number of nitrogens with zero attached hydrogens (tertiary/aromatic N) is 2. The number of sulfone groups is 1. The molecule has 2 aliphatic heterocycles. The minimum atomic E-state index is -3.75. The van der Waals surface area contributed by atoms with Crippen molar-refractivity contribution in [3.05, 3.63) is 42.6 Å². The van der Waals surface area contributed by atoms with Crippen molar-refractivity contribution in [3.63, 3.8) is 0 Å². The van der Waals surface area contributed by atoms with E-state index in [1.54, 1.807) is 24.3 Å². The quantitative estimate of drug-likeness (QED) is 0.780. The summed E-state index contributed by atoms with van der Waals surface area (Å²) in [6, 6.07) is 8.02. The lowest BCUT2D eigenvalue weighted by molar-refractivity contribution is 0.0756. The van der Waals surface area contributed by atoms with Crippen LogP contribution in [-0.4, -0.2) is 44.2 Å². The Bertz CT molecular complexity index is 742. The zero-order valence-electron chi connectivity index (χ0n) is 11.7. The van der Waals surface area contributed by atoms with Crippen LogP contribution in [0.4, 0.5) is 4.79 Å². The molecule has 2 aliphatic rings. The van der Waals surface area contributed by atoms with E-state index in [1.807, 2.05) is 0 Å². The number of carbonyl (C=O) groups excluding carboxylic acids is 1. The highest BCUT2D eigenvalue weighted by molar-refractivity contribution is 8.06.